The van der Waals surface area contributed by atoms with Gasteiger partial charge in [0.05, 0.1) is 20.8 Å². The lowest BCUT2D eigenvalue weighted by Crippen LogP contribution is -2.41. The molecule has 1 aliphatic heterocycles. The SMILES string of the molecule is COc1ccc(OCCN2C(=O)N[C@@](C)(c3ccc(OC)cc3)C2=O)cc1. The molecule has 0 saturated carbocycles. The molecule has 7 heteroatoms. The molecule has 1 saturated heterocycles. The van der Waals surface area contributed by atoms with Crippen molar-refractivity contribution in [2.45, 2.75) is 12.5 Å². The smallest absolute Gasteiger partial charge is 0.325 e. The van der Waals surface area contributed by atoms with E-state index in [9.17, 15) is 9.59 Å². The monoisotopic (exact) mass is 370 g/mol. The minimum atomic E-state index is -1.11. The summed E-state index contributed by atoms with van der Waals surface area (Å²) >= 11 is 0. The van der Waals surface area contributed by atoms with Crippen molar-refractivity contribution in [1.82, 2.24) is 10.2 Å². The molecule has 27 heavy (non-hydrogen) atoms. The summed E-state index contributed by atoms with van der Waals surface area (Å²) in [5, 5.41) is 2.77. The van der Waals surface area contributed by atoms with Gasteiger partial charge in [-0.05, 0) is 48.9 Å². The molecule has 3 amide bonds. The number of imide groups is 1. The number of nitrogens with one attached hydrogen (secondary N) is 1. The molecule has 0 unspecified atom stereocenters. The van der Waals surface area contributed by atoms with Crippen molar-refractivity contribution in [3.63, 3.8) is 0 Å². The number of rotatable bonds is 7. The van der Waals surface area contributed by atoms with Crippen LogP contribution in [0.4, 0.5) is 4.79 Å². The van der Waals surface area contributed by atoms with Gasteiger partial charge in [0.25, 0.3) is 5.91 Å². The Morgan fingerprint density at radius 1 is 0.889 bits per heavy atom. The molecular formula is C20H22N2O5. The molecule has 1 aliphatic rings. The zero-order valence-electron chi connectivity index (χ0n) is 15.5. The number of nitrogens with zero attached hydrogens (tertiary/aromatic N) is 1. The molecule has 1 N–H and O–H groups in total. The van der Waals surface area contributed by atoms with Crippen LogP contribution in [0.2, 0.25) is 0 Å². The van der Waals surface area contributed by atoms with Crippen molar-refractivity contribution in [3.05, 3.63) is 54.1 Å². The van der Waals surface area contributed by atoms with Crippen LogP contribution < -0.4 is 19.5 Å². The minimum absolute atomic E-state index is 0.155. The number of benzene rings is 2. The second-order valence-corrected chi connectivity index (χ2v) is 6.26. The quantitative estimate of drug-likeness (QED) is 0.758. The van der Waals surface area contributed by atoms with Crippen LogP contribution in [0.1, 0.15) is 12.5 Å². The van der Waals surface area contributed by atoms with Gasteiger partial charge in [-0.15, -0.1) is 0 Å². The van der Waals surface area contributed by atoms with E-state index < -0.39 is 11.6 Å². The Hall–Kier alpha value is -3.22. The van der Waals surface area contributed by atoms with Crippen LogP contribution in [0, 0.1) is 0 Å². The molecule has 2 aromatic rings. The number of ether oxygens (including phenoxy) is 3. The van der Waals surface area contributed by atoms with Crippen LogP contribution in [0.3, 0.4) is 0 Å². The highest BCUT2D eigenvalue weighted by Gasteiger charge is 2.48. The molecule has 7 nitrogen and oxygen atoms in total. The number of hydrogen-bond donors (Lipinski definition) is 1. The van der Waals surface area contributed by atoms with Gasteiger partial charge in [-0.25, -0.2) is 4.79 Å². The predicted octanol–water partition coefficient (Wildman–Crippen LogP) is 2.55. The van der Waals surface area contributed by atoms with E-state index in [-0.39, 0.29) is 19.1 Å². The molecule has 142 valence electrons. The third kappa shape index (κ3) is 3.67. The largest absolute Gasteiger partial charge is 0.497 e. The molecule has 0 spiro atoms. The standard InChI is InChI=1S/C20H22N2O5/c1-20(14-4-6-15(25-2)7-5-14)18(23)22(19(24)21-20)12-13-27-17-10-8-16(26-3)9-11-17/h4-11H,12-13H2,1-3H3,(H,21,24)/t20-/m0/s1. The fraction of sp³-hybridized carbons (Fsp3) is 0.300. The Labute approximate surface area is 157 Å². The Bertz CT molecular complexity index is 819. The van der Waals surface area contributed by atoms with Crippen molar-refractivity contribution >= 4 is 11.9 Å². The Kier molecular flexibility index (Phi) is 5.21. The van der Waals surface area contributed by atoms with Crippen molar-refractivity contribution in [2.75, 3.05) is 27.4 Å². The Balaban J connectivity index is 1.64. The van der Waals surface area contributed by atoms with Gasteiger partial charge in [0.15, 0.2) is 0 Å². The van der Waals surface area contributed by atoms with Crippen molar-refractivity contribution in [2.24, 2.45) is 0 Å². The molecule has 2 aromatic carbocycles. The minimum Gasteiger partial charge on any atom is -0.497 e. The van der Waals surface area contributed by atoms with Gasteiger partial charge in [-0.1, -0.05) is 12.1 Å². The Morgan fingerprint density at radius 3 is 1.96 bits per heavy atom. The van der Waals surface area contributed by atoms with Gasteiger partial charge >= 0.3 is 6.03 Å². The summed E-state index contributed by atoms with van der Waals surface area (Å²) in [6, 6.07) is 13.7. The summed E-state index contributed by atoms with van der Waals surface area (Å²) in [5.41, 5.74) is -0.413. The summed E-state index contributed by atoms with van der Waals surface area (Å²) in [6.07, 6.45) is 0. The van der Waals surface area contributed by atoms with E-state index in [2.05, 4.69) is 5.32 Å². The number of carbonyl (C=O) groups is 2. The second-order valence-electron chi connectivity index (χ2n) is 6.26. The molecule has 3 rings (SSSR count). The third-order valence-electron chi connectivity index (χ3n) is 4.59. The average Bonchev–Trinajstić information content (AvgIpc) is 2.92. The van der Waals surface area contributed by atoms with E-state index in [1.54, 1.807) is 69.7 Å². The Morgan fingerprint density at radius 2 is 1.41 bits per heavy atom. The highest BCUT2D eigenvalue weighted by Crippen LogP contribution is 2.30. The van der Waals surface area contributed by atoms with Gasteiger partial charge in [-0.2, -0.15) is 0 Å². The van der Waals surface area contributed by atoms with Crippen LogP contribution in [-0.2, 0) is 10.3 Å². The highest BCUT2D eigenvalue weighted by molar-refractivity contribution is 6.07. The van der Waals surface area contributed by atoms with E-state index >= 15 is 0 Å². The topological polar surface area (TPSA) is 77.1 Å². The molecule has 1 atom stereocenters. The third-order valence-corrected chi connectivity index (χ3v) is 4.59. The number of hydrogen-bond acceptors (Lipinski definition) is 5. The summed E-state index contributed by atoms with van der Waals surface area (Å²) in [6.45, 7) is 2.05. The van der Waals surface area contributed by atoms with Crippen LogP contribution >= 0.6 is 0 Å². The number of urea groups is 1. The van der Waals surface area contributed by atoms with Crippen LogP contribution in [0.15, 0.2) is 48.5 Å². The predicted molar refractivity (Wildman–Crippen MR) is 99.1 cm³/mol. The zero-order chi connectivity index (χ0) is 19.4. The highest BCUT2D eigenvalue weighted by atomic mass is 16.5. The van der Waals surface area contributed by atoms with E-state index in [1.165, 1.54) is 4.90 Å². The van der Waals surface area contributed by atoms with Crippen molar-refractivity contribution < 1.29 is 23.8 Å². The molecular weight excluding hydrogens is 348 g/mol. The first-order chi connectivity index (χ1) is 13.0. The van der Waals surface area contributed by atoms with Gasteiger partial charge in [0.1, 0.15) is 29.4 Å². The number of methoxy groups -OCH3 is 2. The maximum atomic E-state index is 12.9. The number of carbonyl (C=O) groups excluding carboxylic acids is 2. The van der Waals surface area contributed by atoms with Gasteiger partial charge < -0.3 is 19.5 Å². The maximum absolute atomic E-state index is 12.9. The molecule has 1 heterocycles. The summed E-state index contributed by atoms with van der Waals surface area (Å²) < 4.78 is 15.9. The molecule has 0 bridgehead atoms. The summed E-state index contributed by atoms with van der Waals surface area (Å²) in [4.78, 5) is 26.4. The lowest BCUT2D eigenvalue weighted by Gasteiger charge is -2.22. The molecule has 0 aliphatic carbocycles. The summed E-state index contributed by atoms with van der Waals surface area (Å²) in [7, 11) is 3.16. The van der Waals surface area contributed by atoms with Gasteiger partial charge in [0, 0.05) is 0 Å². The first kappa shape index (κ1) is 18.6. The van der Waals surface area contributed by atoms with E-state index in [4.69, 9.17) is 14.2 Å². The van der Waals surface area contributed by atoms with Gasteiger partial charge in [0.2, 0.25) is 0 Å². The first-order valence-electron chi connectivity index (χ1n) is 8.53. The van der Waals surface area contributed by atoms with Crippen molar-refractivity contribution in [3.8, 4) is 17.2 Å². The van der Waals surface area contributed by atoms with Crippen LogP contribution in [-0.4, -0.2) is 44.2 Å². The van der Waals surface area contributed by atoms with E-state index in [0.717, 1.165) is 5.75 Å². The number of amides is 3. The zero-order valence-corrected chi connectivity index (χ0v) is 15.5. The fourth-order valence-electron chi connectivity index (χ4n) is 2.95. The second kappa shape index (κ2) is 7.57. The van der Waals surface area contributed by atoms with Gasteiger partial charge in [-0.3, -0.25) is 9.69 Å². The van der Waals surface area contributed by atoms with Crippen LogP contribution in [0.25, 0.3) is 0 Å². The normalized spacial score (nSPS) is 19.0. The fourth-order valence-corrected chi connectivity index (χ4v) is 2.95. The summed E-state index contributed by atoms with van der Waals surface area (Å²) in [5.74, 6) is 1.74. The molecule has 0 radical (unpaired) electrons. The van der Waals surface area contributed by atoms with Crippen LogP contribution in [0.5, 0.6) is 17.2 Å². The first-order valence-corrected chi connectivity index (χ1v) is 8.53. The molecule has 0 aromatic heterocycles. The maximum Gasteiger partial charge on any atom is 0.325 e. The lowest BCUT2D eigenvalue weighted by atomic mass is 9.92. The van der Waals surface area contributed by atoms with Crippen molar-refractivity contribution in [1.29, 1.82) is 0 Å². The molecule has 1 fully saturated rings. The van der Waals surface area contributed by atoms with E-state index in [1.807, 2.05) is 0 Å². The lowest BCUT2D eigenvalue weighted by molar-refractivity contribution is -0.131. The average molecular weight is 370 g/mol. The van der Waals surface area contributed by atoms with E-state index in [0.29, 0.717) is 17.1 Å².